The normalized spacial score (nSPS) is 22.3. The highest BCUT2D eigenvalue weighted by molar-refractivity contribution is 5.76. The van der Waals surface area contributed by atoms with Crippen molar-refractivity contribution in [1.29, 1.82) is 0 Å². The minimum absolute atomic E-state index is 0.282. The van der Waals surface area contributed by atoms with Crippen molar-refractivity contribution in [2.24, 2.45) is 0 Å². The summed E-state index contributed by atoms with van der Waals surface area (Å²) >= 11 is 0. The summed E-state index contributed by atoms with van der Waals surface area (Å²) < 4.78 is 0. The first kappa shape index (κ1) is 16.3. The van der Waals surface area contributed by atoms with Gasteiger partial charge in [-0.2, -0.15) is 0 Å². The number of likely N-dealkylation sites (N-methyl/N-ethyl adjacent to an activating group) is 1. The number of hydrogen-bond donors (Lipinski definition) is 1. The van der Waals surface area contributed by atoms with Crippen molar-refractivity contribution in [3.8, 4) is 0 Å². The largest absolute Gasteiger partial charge is 0.369 e. The molecular formula is C18H28N4O. The topological polar surface area (TPSA) is 38.8 Å². The van der Waals surface area contributed by atoms with E-state index in [0.717, 1.165) is 52.2 Å². The van der Waals surface area contributed by atoms with Gasteiger partial charge in [0.2, 0.25) is 5.91 Å². The zero-order chi connectivity index (χ0) is 16.1. The molecule has 126 valence electrons. The third-order valence-corrected chi connectivity index (χ3v) is 5.11. The number of amides is 1. The van der Waals surface area contributed by atoms with Crippen molar-refractivity contribution in [3.63, 3.8) is 0 Å². The summed E-state index contributed by atoms with van der Waals surface area (Å²) in [6.45, 7) is 7.02. The second-order valence-corrected chi connectivity index (χ2v) is 6.57. The number of para-hydroxylation sites is 1. The first-order valence-electron chi connectivity index (χ1n) is 8.73. The summed E-state index contributed by atoms with van der Waals surface area (Å²) in [6, 6.07) is 11.0. The second-order valence-electron chi connectivity index (χ2n) is 6.57. The standard InChI is InChI=1S/C18H28N4O/c1-20(17-7-9-19-15-17)18(23)8-10-21-11-13-22(14-12-21)16-5-3-2-4-6-16/h2-6,17,19H,7-15H2,1H3. The van der Waals surface area contributed by atoms with Crippen LogP contribution in [0.15, 0.2) is 30.3 Å². The van der Waals surface area contributed by atoms with Crippen LogP contribution in [0.1, 0.15) is 12.8 Å². The summed E-state index contributed by atoms with van der Waals surface area (Å²) in [6.07, 6.45) is 1.72. The SMILES string of the molecule is CN(C(=O)CCN1CCN(c2ccccc2)CC1)C1CCNC1. The molecule has 0 saturated carbocycles. The lowest BCUT2D eigenvalue weighted by molar-refractivity contribution is -0.132. The van der Waals surface area contributed by atoms with Gasteiger partial charge in [-0.15, -0.1) is 0 Å². The number of nitrogens with one attached hydrogen (secondary N) is 1. The van der Waals surface area contributed by atoms with Gasteiger partial charge >= 0.3 is 0 Å². The van der Waals surface area contributed by atoms with E-state index in [2.05, 4.69) is 45.4 Å². The Balaban J connectivity index is 1.39. The molecule has 5 heteroatoms. The van der Waals surface area contributed by atoms with Gasteiger partial charge in [0, 0.05) is 64.5 Å². The van der Waals surface area contributed by atoms with E-state index in [4.69, 9.17) is 0 Å². The van der Waals surface area contributed by atoms with E-state index >= 15 is 0 Å². The summed E-state index contributed by atoms with van der Waals surface area (Å²) in [5, 5.41) is 3.32. The Bertz CT molecular complexity index is 493. The molecule has 2 aliphatic rings. The van der Waals surface area contributed by atoms with Crippen LogP contribution in [0.3, 0.4) is 0 Å². The van der Waals surface area contributed by atoms with Gasteiger partial charge in [0.1, 0.15) is 0 Å². The highest BCUT2D eigenvalue weighted by Crippen LogP contribution is 2.16. The molecule has 2 fully saturated rings. The van der Waals surface area contributed by atoms with E-state index in [9.17, 15) is 4.79 Å². The Labute approximate surface area is 139 Å². The molecule has 1 unspecified atom stereocenters. The van der Waals surface area contributed by atoms with E-state index in [0.29, 0.717) is 12.5 Å². The lowest BCUT2D eigenvalue weighted by Crippen LogP contribution is -2.47. The molecule has 1 N–H and O–H groups in total. The maximum absolute atomic E-state index is 12.3. The van der Waals surface area contributed by atoms with Crippen LogP contribution >= 0.6 is 0 Å². The van der Waals surface area contributed by atoms with Crippen molar-refractivity contribution >= 4 is 11.6 Å². The van der Waals surface area contributed by atoms with Crippen molar-refractivity contribution in [1.82, 2.24) is 15.1 Å². The van der Waals surface area contributed by atoms with Gasteiger partial charge in [0.05, 0.1) is 0 Å². The molecule has 2 heterocycles. The molecule has 23 heavy (non-hydrogen) atoms. The molecule has 0 aliphatic carbocycles. The lowest BCUT2D eigenvalue weighted by atomic mass is 10.2. The molecule has 2 aliphatic heterocycles. The molecule has 2 saturated heterocycles. The molecular weight excluding hydrogens is 288 g/mol. The highest BCUT2D eigenvalue weighted by Gasteiger charge is 2.24. The van der Waals surface area contributed by atoms with Crippen LogP contribution in [-0.4, -0.2) is 74.6 Å². The van der Waals surface area contributed by atoms with Gasteiger partial charge in [0.25, 0.3) is 0 Å². The molecule has 5 nitrogen and oxygen atoms in total. The summed E-state index contributed by atoms with van der Waals surface area (Å²) in [5.41, 5.74) is 1.30. The average molecular weight is 316 g/mol. The number of carbonyl (C=O) groups excluding carboxylic acids is 1. The van der Waals surface area contributed by atoms with Gasteiger partial charge in [-0.1, -0.05) is 18.2 Å². The Kier molecular flexibility index (Phi) is 5.51. The smallest absolute Gasteiger partial charge is 0.223 e. The fourth-order valence-electron chi connectivity index (χ4n) is 3.47. The van der Waals surface area contributed by atoms with Gasteiger partial charge in [-0.05, 0) is 25.1 Å². The predicted molar refractivity (Wildman–Crippen MR) is 93.8 cm³/mol. The monoisotopic (exact) mass is 316 g/mol. The molecule has 0 bridgehead atoms. The second kappa shape index (κ2) is 7.79. The fraction of sp³-hybridized carbons (Fsp3) is 0.611. The molecule has 1 aromatic rings. The van der Waals surface area contributed by atoms with E-state index < -0.39 is 0 Å². The molecule has 0 spiro atoms. The number of benzene rings is 1. The van der Waals surface area contributed by atoms with Crippen molar-refractivity contribution < 1.29 is 4.79 Å². The van der Waals surface area contributed by atoms with Crippen LogP contribution in [0.5, 0.6) is 0 Å². The van der Waals surface area contributed by atoms with Crippen LogP contribution in [0.25, 0.3) is 0 Å². The van der Waals surface area contributed by atoms with Crippen molar-refractivity contribution in [2.75, 3.05) is 57.8 Å². The Morgan fingerprint density at radius 2 is 1.96 bits per heavy atom. The van der Waals surface area contributed by atoms with Crippen LogP contribution in [0.2, 0.25) is 0 Å². The van der Waals surface area contributed by atoms with Gasteiger partial charge in [-0.3, -0.25) is 9.69 Å². The average Bonchev–Trinajstić information content (AvgIpc) is 3.15. The predicted octanol–water partition coefficient (Wildman–Crippen LogP) is 1.02. The number of carbonyl (C=O) groups is 1. The number of rotatable bonds is 5. The van der Waals surface area contributed by atoms with Crippen LogP contribution < -0.4 is 10.2 Å². The Morgan fingerprint density at radius 1 is 1.22 bits per heavy atom. The first-order valence-corrected chi connectivity index (χ1v) is 8.73. The summed E-state index contributed by atoms with van der Waals surface area (Å²) in [5.74, 6) is 0.282. The zero-order valence-electron chi connectivity index (χ0n) is 14.1. The lowest BCUT2D eigenvalue weighted by Gasteiger charge is -2.36. The minimum Gasteiger partial charge on any atom is -0.369 e. The Hall–Kier alpha value is -1.59. The van der Waals surface area contributed by atoms with E-state index in [-0.39, 0.29) is 5.91 Å². The van der Waals surface area contributed by atoms with Crippen LogP contribution in [0.4, 0.5) is 5.69 Å². The molecule has 0 radical (unpaired) electrons. The van der Waals surface area contributed by atoms with E-state index in [1.165, 1.54) is 5.69 Å². The molecule has 1 aromatic carbocycles. The van der Waals surface area contributed by atoms with Crippen molar-refractivity contribution in [3.05, 3.63) is 30.3 Å². The van der Waals surface area contributed by atoms with Crippen molar-refractivity contribution in [2.45, 2.75) is 18.9 Å². The van der Waals surface area contributed by atoms with Gasteiger partial charge in [-0.25, -0.2) is 0 Å². The third-order valence-electron chi connectivity index (χ3n) is 5.11. The highest BCUT2D eigenvalue weighted by atomic mass is 16.2. The minimum atomic E-state index is 0.282. The Morgan fingerprint density at radius 3 is 2.61 bits per heavy atom. The maximum atomic E-state index is 12.3. The number of nitrogens with zero attached hydrogens (tertiary/aromatic N) is 3. The number of hydrogen-bond acceptors (Lipinski definition) is 4. The molecule has 3 rings (SSSR count). The molecule has 0 aromatic heterocycles. The van der Waals surface area contributed by atoms with Crippen LogP contribution in [-0.2, 0) is 4.79 Å². The van der Waals surface area contributed by atoms with Gasteiger partial charge < -0.3 is 15.1 Å². The maximum Gasteiger partial charge on any atom is 0.223 e. The summed E-state index contributed by atoms with van der Waals surface area (Å²) in [7, 11) is 1.95. The third kappa shape index (κ3) is 4.24. The summed E-state index contributed by atoms with van der Waals surface area (Å²) in [4.78, 5) is 19.1. The number of piperazine rings is 1. The van der Waals surface area contributed by atoms with E-state index in [1.54, 1.807) is 0 Å². The molecule has 1 amide bonds. The van der Waals surface area contributed by atoms with E-state index in [1.807, 2.05) is 11.9 Å². The zero-order valence-corrected chi connectivity index (χ0v) is 14.1. The van der Waals surface area contributed by atoms with Crippen LogP contribution in [0, 0.1) is 0 Å². The van der Waals surface area contributed by atoms with Gasteiger partial charge in [0.15, 0.2) is 0 Å². The first-order chi connectivity index (χ1) is 11.2. The fourth-order valence-corrected chi connectivity index (χ4v) is 3.47. The number of anilines is 1. The molecule has 1 atom stereocenters. The quantitative estimate of drug-likeness (QED) is 0.880.